The smallest absolute Gasteiger partial charge is 0.350 e. The minimum absolute atomic E-state index is 0.0622. The Morgan fingerprint density at radius 1 is 1.12 bits per heavy atom. The lowest BCUT2D eigenvalue weighted by molar-refractivity contribution is -0.132. The average molecular weight is 479 g/mol. The van der Waals surface area contributed by atoms with Crippen molar-refractivity contribution in [1.82, 2.24) is 4.98 Å². The van der Waals surface area contributed by atoms with Crippen LogP contribution in [0.1, 0.15) is 39.5 Å². The van der Waals surface area contributed by atoms with Crippen molar-refractivity contribution in [2.45, 2.75) is 19.9 Å². The molecule has 4 rings (SSSR count). The van der Waals surface area contributed by atoms with E-state index in [2.05, 4.69) is 4.98 Å². The number of hydrogen-bond donors (Lipinski definition) is 1. The van der Waals surface area contributed by atoms with Crippen LogP contribution in [0.3, 0.4) is 0 Å². The second-order valence-corrected chi connectivity index (χ2v) is 8.42. The fourth-order valence-electron chi connectivity index (χ4n) is 3.78. The Morgan fingerprint density at radius 2 is 1.79 bits per heavy atom. The minimum Gasteiger partial charge on any atom is -0.507 e. The normalized spacial score (nSPS) is 17.1. The maximum absolute atomic E-state index is 13.2. The molecule has 1 N–H and O–H groups in total. The summed E-state index contributed by atoms with van der Waals surface area (Å²) in [4.78, 5) is 44.3. The van der Waals surface area contributed by atoms with Gasteiger partial charge in [0, 0.05) is 5.56 Å². The summed E-state index contributed by atoms with van der Waals surface area (Å²) >= 11 is 0.957. The molecule has 1 aliphatic heterocycles. The summed E-state index contributed by atoms with van der Waals surface area (Å²) in [5.74, 6) is -1.95. The standard InChI is InChI=1S/C25H22N2O6S/c1-4-33-17-12-10-16(11-13-17)20(28)18-19(15-8-6-5-7-9-15)27(23(30)21(18)29)25-26-14(2)22(34-25)24(31)32-3/h5-13,19,28H,4H2,1-3H3/b20-18-. The van der Waals surface area contributed by atoms with E-state index in [0.717, 1.165) is 11.3 Å². The van der Waals surface area contributed by atoms with Crippen LogP contribution in [-0.2, 0) is 14.3 Å². The zero-order valence-corrected chi connectivity index (χ0v) is 19.6. The SMILES string of the molecule is CCOc1ccc(/C(O)=C2/C(=O)C(=O)N(c3nc(C)c(C(=O)OC)s3)C2c2ccccc2)cc1. The van der Waals surface area contributed by atoms with E-state index in [1.165, 1.54) is 12.0 Å². The van der Waals surface area contributed by atoms with Crippen molar-refractivity contribution in [3.63, 3.8) is 0 Å². The number of benzene rings is 2. The summed E-state index contributed by atoms with van der Waals surface area (Å²) < 4.78 is 10.2. The molecule has 9 heteroatoms. The van der Waals surface area contributed by atoms with Crippen molar-refractivity contribution in [1.29, 1.82) is 0 Å². The number of rotatable bonds is 6. The highest BCUT2D eigenvalue weighted by Gasteiger charge is 2.48. The fourth-order valence-corrected chi connectivity index (χ4v) is 4.79. The molecule has 0 radical (unpaired) electrons. The second-order valence-electron chi connectivity index (χ2n) is 7.44. The van der Waals surface area contributed by atoms with Gasteiger partial charge in [0.05, 0.1) is 31.0 Å². The molecule has 0 bridgehead atoms. The third-order valence-electron chi connectivity index (χ3n) is 5.36. The van der Waals surface area contributed by atoms with Gasteiger partial charge in [-0.2, -0.15) is 0 Å². The van der Waals surface area contributed by atoms with Crippen molar-refractivity contribution < 1.29 is 29.0 Å². The molecule has 8 nitrogen and oxygen atoms in total. The van der Waals surface area contributed by atoms with Crippen molar-refractivity contribution in [3.05, 3.63) is 81.9 Å². The van der Waals surface area contributed by atoms with E-state index in [0.29, 0.717) is 29.2 Å². The van der Waals surface area contributed by atoms with Gasteiger partial charge < -0.3 is 14.6 Å². The number of carbonyl (C=O) groups excluding carboxylic acids is 3. The quantitative estimate of drug-likeness (QED) is 0.244. The number of hydrogen-bond acceptors (Lipinski definition) is 8. The lowest BCUT2D eigenvalue weighted by atomic mass is 9.95. The van der Waals surface area contributed by atoms with Gasteiger partial charge in [0.15, 0.2) is 5.13 Å². The number of nitrogens with zero attached hydrogens (tertiary/aromatic N) is 2. The number of carbonyl (C=O) groups is 3. The molecule has 1 aliphatic rings. The lowest BCUT2D eigenvalue weighted by Crippen LogP contribution is -2.29. The molecule has 1 aromatic heterocycles. The molecular weight excluding hydrogens is 456 g/mol. The fraction of sp³-hybridized carbons (Fsp3) is 0.200. The molecule has 0 aliphatic carbocycles. The Labute approximate surface area is 200 Å². The number of amides is 1. The van der Waals surface area contributed by atoms with Gasteiger partial charge in [0.25, 0.3) is 5.78 Å². The second kappa shape index (κ2) is 9.48. The van der Waals surface area contributed by atoms with E-state index in [1.54, 1.807) is 55.5 Å². The number of Topliss-reactive ketones (excluding diaryl/α,β-unsaturated/α-hetero) is 1. The molecule has 2 aromatic carbocycles. The average Bonchev–Trinajstić information content (AvgIpc) is 3.36. The summed E-state index contributed by atoms with van der Waals surface area (Å²) in [6, 6.07) is 14.6. The first kappa shape index (κ1) is 23.2. The largest absolute Gasteiger partial charge is 0.507 e. The molecule has 2 heterocycles. The molecule has 1 fully saturated rings. The van der Waals surface area contributed by atoms with Crippen LogP contribution in [0.25, 0.3) is 5.76 Å². The monoisotopic (exact) mass is 478 g/mol. The summed E-state index contributed by atoms with van der Waals surface area (Å²) in [5, 5.41) is 11.3. The molecule has 0 saturated carbocycles. The first-order valence-corrected chi connectivity index (χ1v) is 11.3. The topological polar surface area (TPSA) is 106 Å². The van der Waals surface area contributed by atoms with Crippen LogP contribution in [0.4, 0.5) is 5.13 Å². The first-order chi connectivity index (χ1) is 16.4. The molecule has 1 atom stereocenters. The predicted octanol–water partition coefficient (Wildman–Crippen LogP) is 4.26. The highest BCUT2D eigenvalue weighted by molar-refractivity contribution is 7.17. The van der Waals surface area contributed by atoms with Crippen molar-refractivity contribution in [2.24, 2.45) is 0 Å². The van der Waals surface area contributed by atoms with Crippen LogP contribution in [0.2, 0.25) is 0 Å². The number of anilines is 1. The number of aromatic nitrogens is 1. The van der Waals surface area contributed by atoms with Crippen LogP contribution in [0.5, 0.6) is 5.75 Å². The van der Waals surface area contributed by atoms with Gasteiger partial charge in [-0.15, -0.1) is 0 Å². The number of aliphatic hydroxyl groups is 1. The Bertz CT molecular complexity index is 1280. The molecule has 0 spiro atoms. The molecule has 1 amide bonds. The third kappa shape index (κ3) is 4.06. The molecule has 3 aromatic rings. The molecule has 1 unspecified atom stereocenters. The van der Waals surface area contributed by atoms with Crippen LogP contribution >= 0.6 is 11.3 Å². The Balaban J connectivity index is 1.87. The Morgan fingerprint density at radius 3 is 2.41 bits per heavy atom. The van der Waals surface area contributed by atoms with Crippen LogP contribution < -0.4 is 9.64 Å². The highest BCUT2D eigenvalue weighted by atomic mass is 32.1. The highest BCUT2D eigenvalue weighted by Crippen LogP contribution is 2.43. The van der Waals surface area contributed by atoms with Gasteiger partial charge in [-0.1, -0.05) is 41.7 Å². The zero-order valence-electron chi connectivity index (χ0n) is 18.8. The van der Waals surface area contributed by atoms with E-state index in [1.807, 2.05) is 13.0 Å². The van der Waals surface area contributed by atoms with Gasteiger partial charge in [0.1, 0.15) is 16.4 Å². The van der Waals surface area contributed by atoms with E-state index in [4.69, 9.17) is 9.47 Å². The van der Waals surface area contributed by atoms with E-state index < -0.39 is 23.7 Å². The number of aliphatic hydroxyl groups excluding tert-OH is 1. The van der Waals surface area contributed by atoms with Crippen LogP contribution in [0, 0.1) is 6.92 Å². The number of methoxy groups -OCH3 is 1. The van der Waals surface area contributed by atoms with E-state index in [9.17, 15) is 19.5 Å². The maximum atomic E-state index is 13.2. The summed E-state index contributed by atoms with van der Waals surface area (Å²) in [7, 11) is 1.26. The number of thiazole rings is 1. The summed E-state index contributed by atoms with van der Waals surface area (Å²) in [5.41, 5.74) is 1.30. The van der Waals surface area contributed by atoms with Crippen LogP contribution in [-0.4, -0.2) is 41.5 Å². The summed E-state index contributed by atoms with van der Waals surface area (Å²) in [6.45, 7) is 3.98. The maximum Gasteiger partial charge on any atom is 0.350 e. The molecular formula is C25H22N2O6S. The minimum atomic E-state index is -0.927. The van der Waals surface area contributed by atoms with E-state index in [-0.39, 0.29) is 21.3 Å². The Hall–Kier alpha value is -3.98. The number of ketones is 1. The van der Waals surface area contributed by atoms with Gasteiger partial charge in [-0.05, 0) is 43.7 Å². The number of aryl methyl sites for hydroxylation is 1. The van der Waals surface area contributed by atoms with Crippen molar-refractivity contribution in [2.75, 3.05) is 18.6 Å². The summed E-state index contributed by atoms with van der Waals surface area (Å²) in [6.07, 6.45) is 0. The van der Waals surface area contributed by atoms with Gasteiger partial charge in [-0.25, -0.2) is 9.78 Å². The lowest BCUT2D eigenvalue weighted by Gasteiger charge is -2.23. The third-order valence-corrected chi connectivity index (χ3v) is 6.50. The molecule has 174 valence electrons. The predicted molar refractivity (Wildman–Crippen MR) is 127 cm³/mol. The van der Waals surface area contributed by atoms with Crippen LogP contribution in [0.15, 0.2) is 60.2 Å². The van der Waals surface area contributed by atoms with Gasteiger partial charge in [0.2, 0.25) is 0 Å². The number of ether oxygens (including phenoxy) is 2. The molecule has 34 heavy (non-hydrogen) atoms. The van der Waals surface area contributed by atoms with Crippen molar-refractivity contribution in [3.8, 4) is 5.75 Å². The molecule has 1 saturated heterocycles. The number of esters is 1. The van der Waals surface area contributed by atoms with E-state index >= 15 is 0 Å². The zero-order chi connectivity index (χ0) is 24.4. The van der Waals surface area contributed by atoms with Gasteiger partial charge >= 0.3 is 11.9 Å². The van der Waals surface area contributed by atoms with Crippen molar-refractivity contribution >= 4 is 39.9 Å². The first-order valence-electron chi connectivity index (χ1n) is 10.5. The Kier molecular flexibility index (Phi) is 6.47. The van der Waals surface area contributed by atoms with Gasteiger partial charge in [-0.3, -0.25) is 14.5 Å².